The van der Waals surface area contributed by atoms with E-state index in [0.29, 0.717) is 23.3 Å². The third kappa shape index (κ3) is 3.89. The van der Waals surface area contributed by atoms with Gasteiger partial charge in [-0.05, 0) is 43.7 Å². The first-order valence-corrected chi connectivity index (χ1v) is 8.06. The molecule has 1 N–H and O–H groups in total. The Hall–Kier alpha value is -1.92. The first kappa shape index (κ1) is 16.0. The monoisotopic (exact) mass is 334 g/mol. The molecule has 1 aliphatic rings. The van der Waals surface area contributed by atoms with Gasteiger partial charge < -0.3 is 9.84 Å². The molecule has 7 heteroatoms. The van der Waals surface area contributed by atoms with Crippen molar-refractivity contribution in [3.8, 4) is 11.4 Å². The number of piperidine rings is 1. The molecule has 2 aromatic rings. The molecule has 1 saturated heterocycles. The van der Waals surface area contributed by atoms with Crippen molar-refractivity contribution in [1.29, 1.82) is 0 Å². The molecule has 0 spiro atoms. The molecular formula is C16H19ClN4O2. The van der Waals surface area contributed by atoms with E-state index < -0.39 is 0 Å². The summed E-state index contributed by atoms with van der Waals surface area (Å²) in [7, 11) is 1.68. The maximum absolute atomic E-state index is 11.8. The zero-order valence-corrected chi connectivity index (χ0v) is 13.7. The van der Waals surface area contributed by atoms with Crippen molar-refractivity contribution in [3.63, 3.8) is 0 Å². The molecule has 6 nitrogen and oxygen atoms in total. The number of aromatic nitrogens is 2. The molecular weight excluding hydrogens is 316 g/mol. The summed E-state index contributed by atoms with van der Waals surface area (Å²) in [6.07, 6.45) is 1.92. The molecule has 0 aliphatic carbocycles. The fourth-order valence-corrected chi connectivity index (χ4v) is 2.97. The summed E-state index contributed by atoms with van der Waals surface area (Å²) in [5.74, 6) is 1.25. The number of likely N-dealkylation sites (tertiary alicyclic amines) is 1. The third-order valence-corrected chi connectivity index (χ3v) is 4.30. The van der Waals surface area contributed by atoms with Crippen LogP contribution >= 0.6 is 11.6 Å². The lowest BCUT2D eigenvalue weighted by Gasteiger charge is -2.30. The van der Waals surface area contributed by atoms with E-state index in [2.05, 4.69) is 20.4 Å². The van der Waals surface area contributed by atoms with Crippen LogP contribution < -0.4 is 5.32 Å². The Morgan fingerprint density at radius 2 is 2.22 bits per heavy atom. The Bertz CT molecular complexity index is 671. The molecule has 2 heterocycles. The van der Waals surface area contributed by atoms with Crippen LogP contribution in [0.5, 0.6) is 0 Å². The fourth-order valence-electron chi connectivity index (χ4n) is 2.84. The van der Waals surface area contributed by atoms with E-state index in [1.165, 1.54) is 0 Å². The van der Waals surface area contributed by atoms with E-state index in [4.69, 9.17) is 16.1 Å². The molecule has 1 aromatic carbocycles. The van der Waals surface area contributed by atoms with Gasteiger partial charge in [0, 0.05) is 24.2 Å². The third-order valence-electron chi connectivity index (χ3n) is 4.05. The van der Waals surface area contributed by atoms with Gasteiger partial charge in [-0.25, -0.2) is 0 Å². The number of nitrogens with one attached hydrogen (secondary N) is 1. The van der Waals surface area contributed by atoms with E-state index in [-0.39, 0.29) is 11.8 Å². The summed E-state index contributed by atoms with van der Waals surface area (Å²) in [4.78, 5) is 18.4. The summed E-state index contributed by atoms with van der Waals surface area (Å²) in [6, 6.07) is 7.32. The van der Waals surface area contributed by atoms with Gasteiger partial charge in [0.25, 0.3) is 0 Å². The highest BCUT2D eigenvalue weighted by Gasteiger charge is 2.26. The first-order chi connectivity index (χ1) is 11.2. The smallest absolute Gasteiger partial charge is 0.241 e. The van der Waals surface area contributed by atoms with Crippen molar-refractivity contribution >= 4 is 17.5 Å². The van der Waals surface area contributed by atoms with Crippen LogP contribution in [0.25, 0.3) is 11.4 Å². The number of halogens is 1. The maximum Gasteiger partial charge on any atom is 0.241 e. The van der Waals surface area contributed by atoms with Gasteiger partial charge >= 0.3 is 0 Å². The van der Waals surface area contributed by atoms with E-state index in [0.717, 1.165) is 31.5 Å². The van der Waals surface area contributed by atoms with Gasteiger partial charge in [0.1, 0.15) is 0 Å². The zero-order valence-electron chi connectivity index (χ0n) is 13.0. The first-order valence-electron chi connectivity index (χ1n) is 7.68. The minimum atomic E-state index is 0.0346. The minimum Gasteiger partial charge on any atom is -0.359 e. The predicted octanol–water partition coefficient (Wildman–Crippen LogP) is 2.35. The molecule has 23 heavy (non-hydrogen) atoms. The summed E-state index contributed by atoms with van der Waals surface area (Å²) >= 11 is 5.88. The van der Waals surface area contributed by atoms with Gasteiger partial charge in [0.05, 0.1) is 12.5 Å². The number of carbonyl (C=O) groups excluding carboxylic acids is 1. The van der Waals surface area contributed by atoms with Gasteiger partial charge in [-0.1, -0.05) is 16.8 Å². The van der Waals surface area contributed by atoms with Crippen molar-refractivity contribution < 1.29 is 9.32 Å². The van der Waals surface area contributed by atoms with Gasteiger partial charge in [-0.3, -0.25) is 9.69 Å². The number of benzene rings is 1. The van der Waals surface area contributed by atoms with Gasteiger partial charge in [0.2, 0.25) is 17.6 Å². The topological polar surface area (TPSA) is 71.3 Å². The van der Waals surface area contributed by atoms with E-state index in [9.17, 15) is 4.79 Å². The molecule has 1 unspecified atom stereocenters. The van der Waals surface area contributed by atoms with Crippen LogP contribution in [0, 0.1) is 5.92 Å². The Morgan fingerprint density at radius 3 is 2.96 bits per heavy atom. The fraction of sp³-hybridized carbons (Fsp3) is 0.438. The van der Waals surface area contributed by atoms with Crippen LogP contribution in [0.15, 0.2) is 28.8 Å². The molecule has 3 rings (SSSR count). The molecule has 0 radical (unpaired) electrons. The van der Waals surface area contributed by atoms with Gasteiger partial charge in [-0.15, -0.1) is 0 Å². The lowest BCUT2D eigenvalue weighted by atomic mass is 9.97. The summed E-state index contributed by atoms with van der Waals surface area (Å²) < 4.78 is 5.34. The maximum atomic E-state index is 11.8. The molecule has 1 aromatic heterocycles. The SMILES string of the molecule is CNC(=O)C1CCCN(Cc2nc(-c3ccc(Cl)cc3)no2)C1. The van der Waals surface area contributed by atoms with Crippen molar-refractivity contribution in [3.05, 3.63) is 35.2 Å². The van der Waals surface area contributed by atoms with Crippen LogP contribution in [0.4, 0.5) is 0 Å². The van der Waals surface area contributed by atoms with Crippen LogP contribution in [-0.4, -0.2) is 41.1 Å². The van der Waals surface area contributed by atoms with Crippen molar-refractivity contribution in [1.82, 2.24) is 20.4 Å². The van der Waals surface area contributed by atoms with E-state index in [1.54, 1.807) is 19.2 Å². The predicted molar refractivity (Wildman–Crippen MR) is 86.8 cm³/mol. The lowest BCUT2D eigenvalue weighted by molar-refractivity contribution is -0.126. The minimum absolute atomic E-state index is 0.0346. The highest BCUT2D eigenvalue weighted by Crippen LogP contribution is 2.21. The number of hydrogen-bond acceptors (Lipinski definition) is 5. The summed E-state index contributed by atoms with van der Waals surface area (Å²) in [5.41, 5.74) is 0.867. The average molecular weight is 335 g/mol. The molecule has 0 bridgehead atoms. The molecule has 1 fully saturated rings. The highest BCUT2D eigenvalue weighted by atomic mass is 35.5. The number of hydrogen-bond donors (Lipinski definition) is 1. The Balaban J connectivity index is 1.64. The Labute approximate surface area is 139 Å². The summed E-state index contributed by atoms with van der Waals surface area (Å²) in [5, 5.41) is 7.41. The van der Waals surface area contributed by atoms with Crippen LogP contribution in [0.2, 0.25) is 5.02 Å². The molecule has 1 amide bonds. The van der Waals surface area contributed by atoms with Crippen LogP contribution in [0.1, 0.15) is 18.7 Å². The number of carbonyl (C=O) groups is 1. The molecule has 0 saturated carbocycles. The van der Waals surface area contributed by atoms with Crippen molar-refractivity contribution in [2.24, 2.45) is 5.92 Å². The van der Waals surface area contributed by atoms with Crippen LogP contribution in [0.3, 0.4) is 0 Å². The standard InChI is InChI=1S/C16H19ClN4O2/c1-18-16(22)12-3-2-8-21(9-12)10-14-19-15(20-23-14)11-4-6-13(17)7-5-11/h4-7,12H,2-3,8-10H2,1H3,(H,18,22). The van der Waals surface area contributed by atoms with Crippen LogP contribution in [-0.2, 0) is 11.3 Å². The summed E-state index contributed by atoms with van der Waals surface area (Å²) in [6.45, 7) is 2.22. The largest absolute Gasteiger partial charge is 0.359 e. The van der Waals surface area contributed by atoms with E-state index in [1.807, 2.05) is 12.1 Å². The molecule has 1 atom stereocenters. The van der Waals surface area contributed by atoms with E-state index >= 15 is 0 Å². The lowest BCUT2D eigenvalue weighted by Crippen LogP contribution is -2.41. The quantitative estimate of drug-likeness (QED) is 0.929. The second kappa shape index (κ2) is 7.10. The number of rotatable bonds is 4. The number of nitrogens with zero attached hydrogens (tertiary/aromatic N) is 3. The zero-order chi connectivity index (χ0) is 16.2. The Kier molecular flexibility index (Phi) is 4.93. The van der Waals surface area contributed by atoms with Gasteiger partial charge in [-0.2, -0.15) is 4.98 Å². The normalized spacial score (nSPS) is 18.8. The number of amides is 1. The Morgan fingerprint density at radius 1 is 1.43 bits per heavy atom. The molecule has 122 valence electrons. The molecule has 1 aliphatic heterocycles. The second-order valence-corrected chi connectivity index (χ2v) is 6.14. The second-order valence-electron chi connectivity index (χ2n) is 5.71. The van der Waals surface area contributed by atoms with Crippen molar-refractivity contribution in [2.75, 3.05) is 20.1 Å². The average Bonchev–Trinajstić information content (AvgIpc) is 3.03. The van der Waals surface area contributed by atoms with Crippen molar-refractivity contribution in [2.45, 2.75) is 19.4 Å². The van der Waals surface area contributed by atoms with Gasteiger partial charge in [0.15, 0.2) is 0 Å². The highest BCUT2D eigenvalue weighted by molar-refractivity contribution is 6.30.